The molecule has 1 N–H and O–H groups in total. The molecule has 0 radical (unpaired) electrons. The van der Waals surface area contributed by atoms with Gasteiger partial charge >= 0.3 is 0 Å². The van der Waals surface area contributed by atoms with Crippen LogP contribution in [0.5, 0.6) is 0 Å². The van der Waals surface area contributed by atoms with E-state index in [1.807, 2.05) is 62.1 Å². The highest BCUT2D eigenvalue weighted by Gasteiger charge is 2.28. The largest absolute Gasteiger partial charge is 0.326 e. The molecule has 0 atom stereocenters. The standard InChI is InChI=1S/C25H33N3O2/c1-6-27(7-2)17-23(29)28-21-11-9-8-10-18(21)12-13-19-14-15-20(16-22(19)28)26-24(30)25(3,4)5/h8-11,14-16H,6-7,12-13,17H2,1-5H3,(H,26,30). The van der Waals surface area contributed by atoms with Crippen molar-refractivity contribution in [2.45, 2.75) is 47.5 Å². The maximum Gasteiger partial charge on any atom is 0.245 e. The van der Waals surface area contributed by atoms with E-state index in [0.29, 0.717) is 12.2 Å². The fourth-order valence-electron chi connectivity index (χ4n) is 3.70. The molecule has 2 amide bonds. The maximum absolute atomic E-state index is 13.5. The lowest BCUT2D eigenvalue weighted by molar-refractivity contribution is -0.123. The molecule has 0 bridgehead atoms. The van der Waals surface area contributed by atoms with Crippen molar-refractivity contribution in [2.75, 3.05) is 29.9 Å². The molecular weight excluding hydrogens is 374 g/mol. The van der Waals surface area contributed by atoms with Crippen LogP contribution in [0, 0.1) is 5.41 Å². The number of nitrogens with zero attached hydrogens (tertiary/aromatic N) is 2. The number of aryl methyl sites for hydroxylation is 2. The molecule has 5 heteroatoms. The van der Waals surface area contributed by atoms with Crippen molar-refractivity contribution in [3.8, 4) is 0 Å². The SMILES string of the molecule is CCN(CC)CC(=O)N1c2ccccc2CCc2ccc(NC(=O)C(C)(C)C)cc21. The molecular formula is C25H33N3O2. The molecule has 2 aromatic carbocycles. The van der Waals surface area contributed by atoms with Gasteiger partial charge in [-0.1, -0.05) is 58.9 Å². The predicted molar refractivity (Wildman–Crippen MR) is 123 cm³/mol. The molecule has 0 unspecified atom stereocenters. The summed E-state index contributed by atoms with van der Waals surface area (Å²) < 4.78 is 0. The van der Waals surface area contributed by atoms with E-state index in [-0.39, 0.29) is 11.8 Å². The van der Waals surface area contributed by atoms with Crippen LogP contribution in [-0.4, -0.2) is 36.3 Å². The molecule has 0 aromatic heterocycles. The zero-order valence-electron chi connectivity index (χ0n) is 18.8. The van der Waals surface area contributed by atoms with Crippen LogP contribution in [0.3, 0.4) is 0 Å². The number of para-hydroxylation sites is 1. The highest BCUT2D eigenvalue weighted by Crippen LogP contribution is 2.38. The third-order valence-electron chi connectivity index (χ3n) is 5.66. The Kier molecular flexibility index (Phi) is 6.61. The Labute approximate surface area is 180 Å². The molecule has 30 heavy (non-hydrogen) atoms. The van der Waals surface area contributed by atoms with Gasteiger partial charge in [0.2, 0.25) is 11.8 Å². The molecule has 1 heterocycles. The van der Waals surface area contributed by atoms with Gasteiger partial charge in [-0.05, 0) is 55.3 Å². The Morgan fingerprint density at radius 2 is 1.60 bits per heavy atom. The van der Waals surface area contributed by atoms with Crippen molar-refractivity contribution in [3.05, 3.63) is 53.6 Å². The average Bonchev–Trinajstić information content (AvgIpc) is 2.87. The minimum absolute atomic E-state index is 0.0440. The summed E-state index contributed by atoms with van der Waals surface area (Å²) in [6.45, 7) is 11.8. The quantitative estimate of drug-likeness (QED) is 0.776. The fourth-order valence-corrected chi connectivity index (χ4v) is 3.70. The van der Waals surface area contributed by atoms with Crippen LogP contribution in [0.1, 0.15) is 45.7 Å². The molecule has 0 fully saturated rings. The van der Waals surface area contributed by atoms with Gasteiger partial charge in [-0.3, -0.25) is 19.4 Å². The normalized spacial score (nSPS) is 13.5. The third kappa shape index (κ3) is 4.73. The van der Waals surface area contributed by atoms with Gasteiger partial charge in [0, 0.05) is 11.1 Å². The second kappa shape index (κ2) is 9.00. The molecule has 0 spiro atoms. The number of benzene rings is 2. The van der Waals surface area contributed by atoms with Crippen molar-refractivity contribution in [1.82, 2.24) is 4.90 Å². The number of likely N-dealkylation sites (N-methyl/N-ethyl adjacent to an activating group) is 1. The Bertz CT molecular complexity index is 926. The highest BCUT2D eigenvalue weighted by atomic mass is 16.2. The van der Waals surface area contributed by atoms with Crippen molar-refractivity contribution in [3.63, 3.8) is 0 Å². The van der Waals surface area contributed by atoms with Gasteiger partial charge in [-0.15, -0.1) is 0 Å². The van der Waals surface area contributed by atoms with Gasteiger partial charge in [-0.2, -0.15) is 0 Å². The number of amides is 2. The summed E-state index contributed by atoms with van der Waals surface area (Å²) in [7, 11) is 0. The van der Waals surface area contributed by atoms with E-state index >= 15 is 0 Å². The number of anilines is 3. The number of carbonyl (C=O) groups excluding carboxylic acids is 2. The van der Waals surface area contributed by atoms with Crippen LogP contribution in [0.15, 0.2) is 42.5 Å². The Morgan fingerprint density at radius 1 is 0.967 bits per heavy atom. The van der Waals surface area contributed by atoms with Crippen molar-refractivity contribution < 1.29 is 9.59 Å². The van der Waals surface area contributed by atoms with Crippen molar-refractivity contribution in [2.24, 2.45) is 5.41 Å². The molecule has 1 aliphatic heterocycles. The monoisotopic (exact) mass is 407 g/mol. The molecule has 0 saturated heterocycles. The fraction of sp³-hybridized carbons (Fsp3) is 0.440. The molecule has 0 saturated carbocycles. The number of carbonyl (C=O) groups is 2. The summed E-state index contributed by atoms with van der Waals surface area (Å²) in [5.41, 5.74) is 4.32. The van der Waals surface area contributed by atoms with Gasteiger partial charge in [0.05, 0.1) is 17.9 Å². The van der Waals surface area contributed by atoms with E-state index in [1.165, 1.54) is 5.56 Å². The summed E-state index contributed by atoms with van der Waals surface area (Å²) in [6, 6.07) is 14.0. The zero-order valence-corrected chi connectivity index (χ0v) is 18.8. The van der Waals surface area contributed by atoms with Crippen LogP contribution >= 0.6 is 0 Å². The molecule has 160 valence electrons. The minimum Gasteiger partial charge on any atom is -0.326 e. The first-order chi connectivity index (χ1) is 14.2. The third-order valence-corrected chi connectivity index (χ3v) is 5.66. The zero-order chi connectivity index (χ0) is 21.9. The van der Waals surface area contributed by atoms with E-state index in [2.05, 4.69) is 30.1 Å². The first-order valence-electron chi connectivity index (χ1n) is 10.8. The van der Waals surface area contributed by atoms with Gasteiger partial charge < -0.3 is 5.32 Å². The molecule has 1 aliphatic rings. The van der Waals surface area contributed by atoms with Crippen LogP contribution in [0.25, 0.3) is 0 Å². The van der Waals surface area contributed by atoms with Gasteiger partial charge in [0.1, 0.15) is 0 Å². The lowest BCUT2D eigenvalue weighted by Gasteiger charge is -2.28. The Balaban J connectivity index is 2.05. The van der Waals surface area contributed by atoms with Gasteiger partial charge in [-0.25, -0.2) is 0 Å². The first-order valence-corrected chi connectivity index (χ1v) is 10.8. The number of nitrogens with one attached hydrogen (secondary N) is 1. The second-order valence-corrected chi connectivity index (χ2v) is 8.87. The molecule has 5 nitrogen and oxygen atoms in total. The number of hydrogen-bond acceptors (Lipinski definition) is 3. The van der Waals surface area contributed by atoms with E-state index in [4.69, 9.17) is 0 Å². The van der Waals surface area contributed by atoms with Gasteiger partial charge in [0.15, 0.2) is 0 Å². The Morgan fingerprint density at radius 3 is 2.23 bits per heavy atom. The summed E-state index contributed by atoms with van der Waals surface area (Å²) in [4.78, 5) is 30.0. The Hall–Kier alpha value is -2.66. The highest BCUT2D eigenvalue weighted by molar-refractivity contribution is 6.04. The van der Waals surface area contributed by atoms with Crippen LogP contribution in [-0.2, 0) is 22.4 Å². The first kappa shape index (κ1) is 22.0. The summed E-state index contributed by atoms with van der Waals surface area (Å²) in [5.74, 6) is 0.00564. The lowest BCUT2D eigenvalue weighted by Crippen LogP contribution is -2.38. The smallest absolute Gasteiger partial charge is 0.245 e. The van der Waals surface area contributed by atoms with E-state index in [1.54, 1.807) is 0 Å². The summed E-state index contributed by atoms with van der Waals surface area (Å²) >= 11 is 0. The van der Waals surface area contributed by atoms with Gasteiger partial charge in [0.25, 0.3) is 0 Å². The van der Waals surface area contributed by atoms with Crippen molar-refractivity contribution >= 4 is 28.9 Å². The number of hydrogen-bond donors (Lipinski definition) is 1. The molecule has 0 aliphatic carbocycles. The van der Waals surface area contributed by atoms with Crippen LogP contribution in [0.2, 0.25) is 0 Å². The average molecular weight is 408 g/mol. The predicted octanol–water partition coefficient (Wildman–Crippen LogP) is 4.78. The van der Waals surface area contributed by atoms with E-state index < -0.39 is 5.41 Å². The van der Waals surface area contributed by atoms with E-state index in [9.17, 15) is 9.59 Å². The molecule has 2 aromatic rings. The number of fused-ring (bicyclic) bond motifs is 2. The second-order valence-electron chi connectivity index (χ2n) is 8.87. The van der Waals surface area contributed by atoms with Crippen LogP contribution in [0.4, 0.5) is 17.1 Å². The minimum atomic E-state index is -0.488. The number of rotatable bonds is 5. The van der Waals surface area contributed by atoms with E-state index in [0.717, 1.165) is 42.9 Å². The summed E-state index contributed by atoms with van der Waals surface area (Å²) in [5, 5.41) is 3.01. The molecule has 3 rings (SSSR count). The summed E-state index contributed by atoms with van der Waals surface area (Å²) in [6.07, 6.45) is 1.74. The van der Waals surface area contributed by atoms with Crippen LogP contribution < -0.4 is 10.2 Å². The maximum atomic E-state index is 13.5. The van der Waals surface area contributed by atoms with Crippen molar-refractivity contribution in [1.29, 1.82) is 0 Å². The topological polar surface area (TPSA) is 52.7 Å². The lowest BCUT2D eigenvalue weighted by atomic mass is 9.95.